The van der Waals surface area contributed by atoms with Crippen molar-refractivity contribution in [3.63, 3.8) is 0 Å². The van der Waals surface area contributed by atoms with Gasteiger partial charge in [0, 0.05) is 18.6 Å². The summed E-state index contributed by atoms with van der Waals surface area (Å²) in [7, 11) is 0. The summed E-state index contributed by atoms with van der Waals surface area (Å²) in [5.74, 6) is 1.11. The Balaban J connectivity index is 1.52. The fourth-order valence-corrected chi connectivity index (χ4v) is 3.58. The lowest BCUT2D eigenvalue weighted by Gasteiger charge is -2.28. The first kappa shape index (κ1) is 15.3. The molecule has 22 heavy (non-hydrogen) atoms. The second-order valence-electron chi connectivity index (χ2n) is 6.52. The lowest BCUT2D eigenvalue weighted by molar-refractivity contribution is -0.134. The summed E-state index contributed by atoms with van der Waals surface area (Å²) < 4.78 is 5.76. The Bertz CT molecular complexity index is 530. The monoisotopic (exact) mass is 302 g/mol. The van der Waals surface area contributed by atoms with Crippen molar-refractivity contribution in [3.05, 3.63) is 29.3 Å². The zero-order valence-electron chi connectivity index (χ0n) is 13.6. The summed E-state index contributed by atoms with van der Waals surface area (Å²) in [5.41, 5.74) is 2.48. The molecular weight excluding hydrogens is 276 g/mol. The van der Waals surface area contributed by atoms with E-state index in [0.29, 0.717) is 25.1 Å². The largest absolute Gasteiger partial charge is 0.493 e. The molecular formula is C18H26N2O2. The highest BCUT2D eigenvalue weighted by Crippen LogP contribution is 2.28. The predicted octanol–water partition coefficient (Wildman–Crippen LogP) is 2.43. The van der Waals surface area contributed by atoms with Gasteiger partial charge in [0.25, 0.3) is 0 Å². The van der Waals surface area contributed by atoms with Crippen LogP contribution in [-0.2, 0) is 4.79 Å². The molecule has 1 aromatic rings. The lowest BCUT2D eigenvalue weighted by atomic mass is 10.1. The number of nitrogens with one attached hydrogen (secondary N) is 1. The third-order valence-corrected chi connectivity index (χ3v) is 5.01. The molecule has 0 spiro atoms. The maximum atomic E-state index is 12.5. The van der Waals surface area contributed by atoms with Gasteiger partial charge in [-0.05, 0) is 62.9 Å². The van der Waals surface area contributed by atoms with E-state index in [-0.39, 0.29) is 5.91 Å². The number of amides is 1. The molecule has 3 rings (SSSR count). The third-order valence-electron chi connectivity index (χ3n) is 5.01. The van der Waals surface area contributed by atoms with Crippen LogP contribution in [0.25, 0.3) is 0 Å². The fourth-order valence-electron chi connectivity index (χ4n) is 3.58. The zero-order valence-corrected chi connectivity index (χ0v) is 13.6. The van der Waals surface area contributed by atoms with Gasteiger partial charge in [0.15, 0.2) is 0 Å². The van der Waals surface area contributed by atoms with Crippen molar-refractivity contribution >= 4 is 5.91 Å². The number of hydrogen-bond donors (Lipinski definition) is 1. The Labute approximate surface area is 132 Å². The van der Waals surface area contributed by atoms with Gasteiger partial charge in [-0.15, -0.1) is 0 Å². The van der Waals surface area contributed by atoms with Gasteiger partial charge in [0.1, 0.15) is 5.75 Å². The van der Waals surface area contributed by atoms with E-state index < -0.39 is 0 Å². The van der Waals surface area contributed by atoms with E-state index >= 15 is 0 Å². The minimum absolute atomic E-state index is 0.250. The summed E-state index contributed by atoms with van der Waals surface area (Å²) in [4.78, 5) is 14.7. The first-order valence-corrected chi connectivity index (χ1v) is 8.37. The number of fused-ring (bicyclic) bond motifs is 2. The molecule has 2 bridgehead atoms. The van der Waals surface area contributed by atoms with Crippen molar-refractivity contribution in [2.24, 2.45) is 0 Å². The molecule has 2 saturated heterocycles. The molecule has 1 N–H and O–H groups in total. The lowest BCUT2D eigenvalue weighted by Crippen LogP contribution is -2.42. The second-order valence-corrected chi connectivity index (χ2v) is 6.52. The van der Waals surface area contributed by atoms with E-state index in [2.05, 4.69) is 30.1 Å². The van der Waals surface area contributed by atoms with Gasteiger partial charge >= 0.3 is 0 Å². The van der Waals surface area contributed by atoms with Crippen LogP contribution in [0.3, 0.4) is 0 Å². The Hall–Kier alpha value is -1.55. The van der Waals surface area contributed by atoms with Gasteiger partial charge in [-0.25, -0.2) is 0 Å². The van der Waals surface area contributed by atoms with Gasteiger partial charge in [-0.3, -0.25) is 4.79 Å². The molecule has 0 aromatic heterocycles. The smallest absolute Gasteiger partial charge is 0.226 e. The maximum Gasteiger partial charge on any atom is 0.226 e. The fraction of sp³-hybridized carbons (Fsp3) is 0.611. The molecule has 2 unspecified atom stereocenters. The molecule has 2 heterocycles. The Morgan fingerprint density at radius 1 is 1.23 bits per heavy atom. The molecule has 2 fully saturated rings. The topological polar surface area (TPSA) is 41.6 Å². The highest BCUT2D eigenvalue weighted by Gasteiger charge is 2.37. The standard InChI is InChI=1S/C18H26N2O2/c1-13-3-6-17(11-14(13)2)22-10-8-18(21)20-15-4-5-16(20)12-19-9-7-15/h3,6,11,15-16,19H,4-5,7-10,12H2,1-2H3. The second kappa shape index (κ2) is 6.69. The van der Waals surface area contributed by atoms with Gasteiger partial charge in [0.2, 0.25) is 5.91 Å². The SMILES string of the molecule is Cc1ccc(OCCC(=O)N2C3CCNCC2CC3)cc1C. The Morgan fingerprint density at radius 3 is 2.86 bits per heavy atom. The molecule has 0 saturated carbocycles. The molecule has 1 amide bonds. The van der Waals surface area contributed by atoms with Gasteiger partial charge < -0.3 is 15.0 Å². The molecule has 2 atom stereocenters. The van der Waals surface area contributed by atoms with Crippen molar-refractivity contribution in [1.82, 2.24) is 10.2 Å². The van der Waals surface area contributed by atoms with Crippen molar-refractivity contribution < 1.29 is 9.53 Å². The summed E-state index contributed by atoms with van der Waals surface area (Å²) in [6.07, 6.45) is 3.86. The first-order valence-electron chi connectivity index (χ1n) is 8.37. The summed E-state index contributed by atoms with van der Waals surface area (Å²) in [6.45, 7) is 6.61. The number of hydrogen-bond acceptors (Lipinski definition) is 3. The Morgan fingerprint density at radius 2 is 2.05 bits per heavy atom. The average molecular weight is 302 g/mol. The average Bonchev–Trinajstić information content (AvgIpc) is 2.76. The van der Waals surface area contributed by atoms with E-state index in [1.54, 1.807) is 0 Å². The first-order chi connectivity index (χ1) is 10.6. The predicted molar refractivity (Wildman–Crippen MR) is 87.2 cm³/mol. The maximum absolute atomic E-state index is 12.5. The molecule has 120 valence electrons. The van der Waals surface area contributed by atoms with Gasteiger partial charge in [-0.2, -0.15) is 0 Å². The Kier molecular flexibility index (Phi) is 4.67. The molecule has 0 aliphatic carbocycles. The molecule has 4 heteroatoms. The number of carbonyl (C=O) groups is 1. The minimum Gasteiger partial charge on any atom is -0.493 e. The van der Waals surface area contributed by atoms with Crippen molar-refractivity contribution in [3.8, 4) is 5.75 Å². The number of benzene rings is 1. The van der Waals surface area contributed by atoms with Crippen LogP contribution < -0.4 is 10.1 Å². The summed E-state index contributed by atoms with van der Waals surface area (Å²) in [5, 5.41) is 3.43. The molecule has 0 radical (unpaired) electrons. The highest BCUT2D eigenvalue weighted by molar-refractivity contribution is 5.77. The van der Waals surface area contributed by atoms with Crippen LogP contribution in [0.2, 0.25) is 0 Å². The molecule has 4 nitrogen and oxygen atoms in total. The highest BCUT2D eigenvalue weighted by atomic mass is 16.5. The van der Waals surface area contributed by atoms with Crippen molar-refractivity contribution in [2.75, 3.05) is 19.7 Å². The number of aryl methyl sites for hydroxylation is 2. The van der Waals surface area contributed by atoms with E-state index in [4.69, 9.17) is 4.74 Å². The quantitative estimate of drug-likeness (QED) is 0.929. The minimum atomic E-state index is 0.250. The van der Waals surface area contributed by atoms with Crippen molar-refractivity contribution in [1.29, 1.82) is 0 Å². The van der Waals surface area contributed by atoms with Crippen LogP contribution in [0, 0.1) is 13.8 Å². The van der Waals surface area contributed by atoms with Crippen LogP contribution in [-0.4, -0.2) is 42.6 Å². The molecule has 2 aliphatic heterocycles. The van der Waals surface area contributed by atoms with E-state index in [0.717, 1.165) is 38.1 Å². The van der Waals surface area contributed by atoms with Crippen LogP contribution in [0.1, 0.15) is 36.8 Å². The molecule has 1 aromatic carbocycles. The third kappa shape index (κ3) is 3.27. The van der Waals surface area contributed by atoms with Crippen LogP contribution in [0.4, 0.5) is 0 Å². The summed E-state index contributed by atoms with van der Waals surface area (Å²) >= 11 is 0. The van der Waals surface area contributed by atoms with Crippen LogP contribution in [0.15, 0.2) is 18.2 Å². The normalized spacial score (nSPS) is 24.2. The number of rotatable bonds is 4. The number of ether oxygens (including phenoxy) is 1. The summed E-state index contributed by atoms with van der Waals surface area (Å²) in [6, 6.07) is 6.91. The van der Waals surface area contributed by atoms with Crippen LogP contribution >= 0.6 is 0 Å². The van der Waals surface area contributed by atoms with E-state index in [1.165, 1.54) is 11.1 Å². The van der Waals surface area contributed by atoms with Crippen LogP contribution in [0.5, 0.6) is 5.75 Å². The van der Waals surface area contributed by atoms with Crippen molar-refractivity contribution in [2.45, 2.75) is 51.6 Å². The number of nitrogens with zero attached hydrogens (tertiary/aromatic N) is 1. The van der Waals surface area contributed by atoms with Gasteiger partial charge in [-0.1, -0.05) is 6.07 Å². The number of carbonyl (C=O) groups excluding carboxylic acids is 1. The van der Waals surface area contributed by atoms with Gasteiger partial charge in [0.05, 0.1) is 13.0 Å². The molecule has 2 aliphatic rings. The van der Waals surface area contributed by atoms with E-state index in [1.807, 2.05) is 12.1 Å². The zero-order chi connectivity index (χ0) is 15.5. The van der Waals surface area contributed by atoms with E-state index in [9.17, 15) is 4.79 Å².